The maximum Gasteiger partial charge on any atom is 0.244 e. The number of halogens is 1. The Morgan fingerprint density at radius 2 is 1.95 bits per heavy atom. The zero-order valence-electron chi connectivity index (χ0n) is 12.4. The molecule has 118 valence electrons. The SMILES string of the molecule is CCCNCc1ccc(Cl)c(S(=O)(=O)N2CCCCC2)c1. The minimum atomic E-state index is -3.47. The van der Waals surface area contributed by atoms with Gasteiger partial charge in [0.05, 0.1) is 5.02 Å². The fraction of sp³-hybridized carbons (Fsp3) is 0.600. The summed E-state index contributed by atoms with van der Waals surface area (Å²) in [6.07, 6.45) is 4.00. The Balaban J connectivity index is 2.22. The molecule has 0 amide bonds. The second kappa shape index (κ2) is 7.58. The average molecular weight is 331 g/mol. The summed E-state index contributed by atoms with van der Waals surface area (Å²) >= 11 is 6.14. The van der Waals surface area contributed by atoms with Gasteiger partial charge >= 0.3 is 0 Å². The third-order valence-electron chi connectivity index (χ3n) is 3.68. The van der Waals surface area contributed by atoms with Crippen molar-refractivity contribution >= 4 is 21.6 Å². The molecular weight excluding hydrogens is 308 g/mol. The van der Waals surface area contributed by atoms with Crippen molar-refractivity contribution in [2.45, 2.75) is 44.0 Å². The Morgan fingerprint density at radius 1 is 1.24 bits per heavy atom. The van der Waals surface area contributed by atoms with Crippen molar-refractivity contribution in [1.29, 1.82) is 0 Å². The lowest BCUT2D eigenvalue weighted by molar-refractivity contribution is 0.346. The number of hydrogen-bond acceptors (Lipinski definition) is 3. The van der Waals surface area contributed by atoms with Crippen LogP contribution in [0.25, 0.3) is 0 Å². The molecule has 1 heterocycles. The highest BCUT2D eigenvalue weighted by Gasteiger charge is 2.28. The molecule has 0 aromatic heterocycles. The normalized spacial score (nSPS) is 17.0. The molecular formula is C15H23ClN2O2S. The molecule has 1 aliphatic heterocycles. The Hall–Kier alpha value is -0.620. The average Bonchev–Trinajstić information content (AvgIpc) is 2.50. The van der Waals surface area contributed by atoms with E-state index in [2.05, 4.69) is 12.2 Å². The number of rotatable bonds is 6. The first kappa shape index (κ1) is 16.7. The van der Waals surface area contributed by atoms with Crippen molar-refractivity contribution in [3.05, 3.63) is 28.8 Å². The van der Waals surface area contributed by atoms with Crippen molar-refractivity contribution in [3.8, 4) is 0 Å². The molecule has 4 nitrogen and oxygen atoms in total. The summed E-state index contributed by atoms with van der Waals surface area (Å²) < 4.78 is 27.0. The zero-order valence-corrected chi connectivity index (χ0v) is 14.0. The number of sulfonamides is 1. The van der Waals surface area contributed by atoms with Crippen molar-refractivity contribution in [1.82, 2.24) is 9.62 Å². The summed E-state index contributed by atoms with van der Waals surface area (Å²) in [4.78, 5) is 0.238. The summed E-state index contributed by atoms with van der Waals surface area (Å²) in [6, 6.07) is 5.26. The largest absolute Gasteiger partial charge is 0.313 e. The number of benzene rings is 1. The van der Waals surface area contributed by atoms with Gasteiger partial charge in [-0.2, -0.15) is 4.31 Å². The van der Waals surface area contributed by atoms with Crippen molar-refractivity contribution < 1.29 is 8.42 Å². The molecule has 0 unspecified atom stereocenters. The molecule has 0 spiro atoms. The van der Waals surface area contributed by atoms with Crippen LogP contribution in [-0.2, 0) is 16.6 Å². The van der Waals surface area contributed by atoms with Crippen LogP contribution in [0.3, 0.4) is 0 Å². The maximum atomic E-state index is 12.7. The van der Waals surface area contributed by atoms with Crippen LogP contribution >= 0.6 is 11.6 Å². The molecule has 1 aliphatic rings. The van der Waals surface area contributed by atoms with E-state index in [-0.39, 0.29) is 4.90 Å². The Kier molecular flexibility index (Phi) is 6.05. The lowest BCUT2D eigenvalue weighted by Crippen LogP contribution is -2.35. The molecule has 0 bridgehead atoms. The Morgan fingerprint density at radius 3 is 2.62 bits per heavy atom. The lowest BCUT2D eigenvalue weighted by atomic mass is 10.2. The van der Waals surface area contributed by atoms with Crippen molar-refractivity contribution in [2.24, 2.45) is 0 Å². The maximum absolute atomic E-state index is 12.7. The fourth-order valence-corrected chi connectivity index (χ4v) is 4.55. The van der Waals surface area contributed by atoms with E-state index in [9.17, 15) is 8.42 Å². The predicted molar refractivity (Wildman–Crippen MR) is 86.1 cm³/mol. The number of nitrogens with zero attached hydrogens (tertiary/aromatic N) is 1. The molecule has 1 aromatic rings. The van der Waals surface area contributed by atoms with Crippen molar-refractivity contribution in [2.75, 3.05) is 19.6 Å². The first-order valence-electron chi connectivity index (χ1n) is 7.55. The van der Waals surface area contributed by atoms with Crippen LogP contribution in [0, 0.1) is 0 Å². The van der Waals surface area contributed by atoms with E-state index in [0.29, 0.717) is 24.7 Å². The summed E-state index contributed by atoms with van der Waals surface area (Å²) in [5.74, 6) is 0. The molecule has 0 saturated carbocycles. The molecule has 1 N–H and O–H groups in total. The molecule has 1 saturated heterocycles. The van der Waals surface area contributed by atoms with E-state index in [1.165, 1.54) is 0 Å². The molecule has 1 fully saturated rings. The molecule has 0 radical (unpaired) electrons. The van der Waals surface area contributed by atoms with Gasteiger partial charge in [-0.15, -0.1) is 0 Å². The van der Waals surface area contributed by atoms with Gasteiger partial charge < -0.3 is 5.32 Å². The van der Waals surface area contributed by atoms with Gasteiger partial charge in [0.25, 0.3) is 0 Å². The van der Waals surface area contributed by atoms with Gasteiger partial charge in [-0.25, -0.2) is 8.42 Å². The van der Waals surface area contributed by atoms with Crippen LogP contribution in [0.5, 0.6) is 0 Å². The number of hydrogen-bond donors (Lipinski definition) is 1. The standard InChI is InChI=1S/C15H23ClN2O2S/c1-2-8-17-12-13-6-7-14(16)15(11-13)21(19,20)18-9-4-3-5-10-18/h6-7,11,17H,2-5,8-10,12H2,1H3. The summed E-state index contributed by atoms with van der Waals surface area (Å²) in [5, 5.41) is 3.58. The Labute approximate surface area is 132 Å². The third-order valence-corrected chi connectivity index (χ3v) is 6.06. The summed E-state index contributed by atoms with van der Waals surface area (Å²) in [5.41, 5.74) is 0.948. The molecule has 1 aromatic carbocycles. The minimum absolute atomic E-state index is 0.238. The van der Waals surface area contributed by atoms with Crippen molar-refractivity contribution in [3.63, 3.8) is 0 Å². The smallest absolute Gasteiger partial charge is 0.244 e. The van der Waals surface area contributed by atoms with Gasteiger partial charge in [0, 0.05) is 19.6 Å². The Bertz CT molecular complexity index is 569. The van der Waals surface area contributed by atoms with Gasteiger partial charge in [0.2, 0.25) is 10.0 Å². The van der Waals surface area contributed by atoms with E-state index in [1.807, 2.05) is 6.07 Å². The highest BCUT2D eigenvalue weighted by Crippen LogP contribution is 2.27. The summed E-state index contributed by atoms with van der Waals surface area (Å²) in [7, 11) is -3.47. The highest BCUT2D eigenvalue weighted by molar-refractivity contribution is 7.89. The minimum Gasteiger partial charge on any atom is -0.313 e. The number of piperidine rings is 1. The van der Waals surface area contributed by atoms with Crippen LogP contribution in [0.1, 0.15) is 38.2 Å². The van der Waals surface area contributed by atoms with Crippen LogP contribution in [0.2, 0.25) is 5.02 Å². The van der Waals surface area contributed by atoms with E-state index in [1.54, 1.807) is 16.4 Å². The molecule has 21 heavy (non-hydrogen) atoms. The van der Waals surface area contributed by atoms with Crippen LogP contribution in [-0.4, -0.2) is 32.4 Å². The molecule has 0 aliphatic carbocycles. The van der Waals surface area contributed by atoms with Crippen LogP contribution in [0.15, 0.2) is 23.1 Å². The fourth-order valence-electron chi connectivity index (χ4n) is 2.51. The quantitative estimate of drug-likeness (QED) is 0.816. The van der Waals surface area contributed by atoms with Crippen LogP contribution < -0.4 is 5.32 Å². The van der Waals surface area contributed by atoms with E-state index >= 15 is 0 Å². The van der Waals surface area contributed by atoms with E-state index in [0.717, 1.165) is 37.8 Å². The van der Waals surface area contributed by atoms with Gasteiger partial charge in [-0.05, 0) is 43.5 Å². The van der Waals surface area contributed by atoms with Crippen LogP contribution in [0.4, 0.5) is 0 Å². The predicted octanol–water partition coefficient (Wildman–Crippen LogP) is 3.01. The van der Waals surface area contributed by atoms with Gasteiger partial charge in [0.1, 0.15) is 4.90 Å². The topological polar surface area (TPSA) is 49.4 Å². The second-order valence-corrected chi connectivity index (χ2v) is 7.72. The monoisotopic (exact) mass is 330 g/mol. The summed E-state index contributed by atoms with van der Waals surface area (Å²) in [6.45, 7) is 4.86. The first-order valence-corrected chi connectivity index (χ1v) is 9.37. The zero-order chi connectivity index (χ0) is 15.3. The lowest BCUT2D eigenvalue weighted by Gasteiger charge is -2.26. The molecule has 6 heteroatoms. The highest BCUT2D eigenvalue weighted by atomic mass is 35.5. The molecule has 0 atom stereocenters. The van der Waals surface area contributed by atoms with Gasteiger partial charge in [-0.1, -0.05) is 31.0 Å². The van der Waals surface area contributed by atoms with E-state index in [4.69, 9.17) is 11.6 Å². The second-order valence-electron chi connectivity index (χ2n) is 5.41. The van der Waals surface area contributed by atoms with Gasteiger partial charge in [0.15, 0.2) is 0 Å². The third kappa shape index (κ3) is 4.19. The molecule has 2 rings (SSSR count). The van der Waals surface area contributed by atoms with E-state index < -0.39 is 10.0 Å². The number of nitrogens with one attached hydrogen (secondary N) is 1. The van der Waals surface area contributed by atoms with Gasteiger partial charge in [-0.3, -0.25) is 0 Å². The first-order chi connectivity index (χ1) is 10.1.